The Bertz CT molecular complexity index is 173. The van der Waals surface area contributed by atoms with Crippen LogP contribution in [0.4, 0.5) is 0 Å². The average Bonchev–Trinajstić information content (AvgIpc) is 2.58. The lowest BCUT2D eigenvalue weighted by molar-refractivity contribution is 0.263. The Hall–Kier alpha value is 0. The van der Waals surface area contributed by atoms with Gasteiger partial charge >= 0.3 is 0 Å². The monoisotopic (exact) mass is 180 g/mol. The minimum Gasteiger partial charge on any atom is -0.0654 e. The van der Waals surface area contributed by atoms with E-state index in [-0.39, 0.29) is 0 Å². The van der Waals surface area contributed by atoms with Crippen LogP contribution >= 0.6 is 0 Å². The first-order valence-corrected chi connectivity index (χ1v) is 6.24. The molecule has 5 unspecified atom stereocenters. The van der Waals surface area contributed by atoms with E-state index < -0.39 is 0 Å². The van der Waals surface area contributed by atoms with Gasteiger partial charge in [-0.3, -0.25) is 0 Å². The second-order valence-corrected chi connectivity index (χ2v) is 5.56. The Balaban J connectivity index is 2.04. The molecule has 2 saturated carbocycles. The van der Waals surface area contributed by atoms with Crippen LogP contribution < -0.4 is 0 Å². The number of rotatable bonds is 2. The van der Waals surface area contributed by atoms with Gasteiger partial charge in [0, 0.05) is 0 Å². The highest BCUT2D eigenvalue weighted by Crippen LogP contribution is 2.54. The van der Waals surface area contributed by atoms with Crippen LogP contribution in [0.25, 0.3) is 0 Å². The molecule has 0 bridgehead atoms. The molecule has 2 rings (SSSR count). The van der Waals surface area contributed by atoms with Crippen molar-refractivity contribution in [1.82, 2.24) is 0 Å². The second kappa shape index (κ2) is 3.63. The highest BCUT2D eigenvalue weighted by molar-refractivity contribution is 4.95. The summed E-state index contributed by atoms with van der Waals surface area (Å²) in [6.07, 6.45) is 7.49. The van der Waals surface area contributed by atoms with Crippen molar-refractivity contribution < 1.29 is 0 Å². The summed E-state index contributed by atoms with van der Waals surface area (Å²) in [5.74, 6) is 5.36. The van der Waals surface area contributed by atoms with E-state index in [0.717, 1.165) is 29.6 Å². The van der Waals surface area contributed by atoms with Crippen molar-refractivity contribution in [3.05, 3.63) is 0 Å². The normalized spacial score (nSPS) is 49.6. The second-order valence-electron chi connectivity index (χ2n) is 5.56. The fourth-order valence-corrected chi connectivity index (χ4v) is 4.32. The SMILES string of the molecule is CCCC1CCC2C(C)CC(C)C12. The molecular formula is C13H24. The summed E-state index contributed by atoms with van der Waals surface area (Å²) in [5, 5.41) is 0. The van der Waals surface area contributed by atoms with Crippen LogP contribution in [0, 0.1) is 29.6 Å². The van der Waals surface area contributed by atoms with Gasteiger partial charge < -0.3 is 0 Å². The zero-order valence-corrected chi connectivity index (χ0v) is 9.42. The Morgan fingerprint density at radius 3 is 2.54 bits per heavy atom. The topological polar surface area (TPSA) is 0 Å². The van der Waals surface area contributed by atoms with E-state index in [1.807, 2.05) is 0 Å². The molecule has 0 aromatic rings. The van der Waals surface area contributed by atoms with Crippen LogP contribution in [0.2, 0.25) is 0 Å². The van der Waals surface area contributed by atoms with E-state index >= 15 is 0 Å². The van der Waals surface area contributed by atoms with E-state index in [1.165, 1.54) is 25.7 Å². The molecule has 0 nitrogen and oxygen atoms in total. The van der Waals surface area contributed by atoms with Gasteiger partial charge in [-0.1, -0.05) is 33.6 Å². The molecule has 2 aliphatic rings. The van der Waals surface area contributed by atoms with E-state index in [4.69, 9.17) is 0 Å². The molecule has 0 saturated heterocycles. The van der Waals surface area contributed by atoms with Crippen LogP contribution in [0.3, 0.4) is 0 Å². The van der Waals surface area contributed by atoms with Crippen molar-refractivity contribution in [2.45, 2.75) is 52.9 Å². The van der Waals surface area contributed by atoms with Crippen molar-refractivity contribution >= 4 is 0 Å². The molecule has 76 valence electrons. The molecule has 0 heterocycles. The van der Waals surface area contributed by atoms with Crippen molar-refractivity contribution in [3.63, 3.8) is 0 Å². The molecular weight excluding hydrogens is 156 g/mol. The van der Waals surface area contributed by atoms with Crippen LogP contribution in [0.1, 0.15) is 52.9 Å². The zero-order chi connectivity index (χ0) is 9.42. The zero-order valence-electron chi connectivity index (χ0n) is 9.42. The molecule has 0 N–H and O–H groups in total. The molecule has 2 fully saturated rings. The maximum atomic E-state index is 2.50. The van der Waals surface area contributed by atoms with Gasteiger partial charge in [-0.25, -0.2) is 0 Å². The van der Waals surface area contributed by atoms with Gasteiger partial charge in [0.2, 0.25) is 0 Å². The quantitative estimate of drug-likeness (QED) is 0.600. The smallest absolute Gasteiger partial charge is 0.0329 e. The van der Waals surface area contributed by atoms with E-state index in [2.05, 4.69) is 20.8 Å². The standard InChI is InChI=1S/C13H24/c1-4-5-11-6-7-12-9(2)8-10(3)13(11)12/h9-13H,4-8H2,1-3H3. The molecule has 0 heteroatoms. The van der Waals surface area contributed by atoms with Gasteiger partial charge in [0.1, 0.15) is 0 Å². The predicted molar refractivity (Wildman–Crippen MR) is 57.6 cm³/mol. The first-order valence-electron chi connectivity index (χ1n) is 6.24. The van der Waals surface area contributed by atoms with E-state index in [1.54, 1.807) is 6.42 Å². The Morgan fingerprint density at radius 2 is 1.85 bits per heavy atom. The van der Waals surface area contributed by atoms with E-state index in [9.17, 15) is 0 Å². The fraction of sp³-hybridized carbons (Fsp3) is 1.00. The number of hydrogen-bond acceptors (Lipinski definition) is 0. The summed E-state index contributed by atoms with van der Waals surface area (Å²) >= 11 is 0. The van der Waals surface area contributed by atoms with Crippen molar-refractivity contribution in [1.29, 1.82) is 0 Å². The lowest BCUT2D eigenvalue weighted by atomic mass is 9.83. The molecule has 0 radical (unpaired) electrons. The largest absolute Gasteiger partial charge is 0.0654 e. The minimum atomic E-state index is 1.03. The molecule has 0 spiro atoms. The van der Waals surface area contributed by atoms with Gasteiger partial charge in [-0.15, -0.1) is 0 Å². The first kappa shape index (κ1) is 9.55. The van der Waals surface area contributed by atoms with Crippen LogP contribution in [-0.2, 0) is 0 Å². The van der Waals surface area contributed by atoms with Gasteiger partial charge in [0.15, 0.2) is 0 Å². The maximum Gasteiger partial charge on any atom is -0.0329 e. The van der Waals surface area contributed by atoms with Crippen molar-refractivity contribution in [3.8, 4) is 0 Å². The lowest BCUT2D eigenvalue weighted by Crippen LogP contribution is -2.16. The summed E-state index contributed by atoms with van der Waals surface area (Å²) < 4.78 is 0. The third-order valence-corrected chi connectivity index (χ3v) is 4.70. The first-order chi connectivity index (χ1) is 6.24. The molecule has 0 amide bonds. The average molecular weight is 180 g/mol. The minimum absolute atomic E-state index is 1.03. The van der Waals surface area contributed by atoms with Gasteiger partial charge in [0.05, 0.1) is 0 Å². The molecule has 2 aliphatic carbocycles. The number of hydrogen-bond donors (Lipinski definition) is 0. The van der Waals surface area contributed by atoms with Crippen molar-refractivity contribution in [2.75, 3.05) is 0 Å². The predicted octanol–water partition coefficient (Wildman–Crippen LogP) is 4.10. The van der Waals surface area contributed by atoms with Gasteiger partial charge in [0.25, 0.3) is 0 Å². The van der Waals surface area contributed by atoms with Crippen molar-refractivity contribution in [2.24, 2.45) is 29.6 Å². The van der Waals surface area contributed by atoms with Crippen LogP contribution in [-0.4, -0.2) is 0 Å². The molecule has 0 aliphatic heterocycles. The third-order valence-electron chi connectivity index (χ3n) is 4.70. The summed E-state index contributed by atoms with van der Waals surface area (Å²) in [6, 6.07) is 0. The summed E-state index contributed by atoms with van der Waals surface area (Å²) in [7, 11) is 0. The number of fused-ring (bicyclic) bond motifs is 1. The molecule has 0 aromatic heterocycles. The lowest BCUT2D eigenvalue weighted by Gasteiger charge is -2.22. The Morgan fingerprint density at radius 1 is 1.08 bits per heavy atom. The Labute approximate surface area is 83.1 Å². The molecule has 0 aromatic carbocycles. The van der Waals surface area contributed by atoms with Gasteiger partial charge in [-0.2, -0.15) is 0 Å². The van der Waals surface area contributed by atoms with E-state index in [0.29, 0.717) is 0 Å². The highest BCUT2D eigenvalue weighted by atomic mass is 14.5. The maximum absolute atomic E-state index is 2.50. The summed E-state index contributed by atoms with van der Waals surface area (Å²) in [5.41, 5.74) is 0. The summed E-state index contributed by atoms with van der Waals surface area (Å²) in [4.78, 5) is 0. The van der Waals surface area contributed by atoms with Crippen LogP contribution in [0.15, 0.2) is 0 Å². The highest BCUT2D eigenvalue weighted by Gasteiger charge is 2.46. The Kier molecular flexibility index (Phi) is 2.67. The molecule has 13 heavy (non-hydrogen) atoms. The summed E-state index contributed by atoms with van der Waals surface area (Å²) in [6.45, 7) is 7.32. The van der Waals surface area contributed by atoms with Crippen LogP contribution in [0.5, 0.6) is 0 Å². The fourth-order valence-electron chi connectivity index (χ4n) is 4.32. The third kappa shape index (κ3) is 1.53. The van der Waals surface area contributed by atoms with Gasteiger partial charge in [-0.05, 0) is 48.9 Å². The molecule has 5 atom stereocenters.